The molecule has 0 atom stereocenters. The van der Waals surface area contributed by atoms with E-state index in [9.17, 15) is 23.6 Å². The lowest BCUT2D eigenvalue weighted by atomic mass is 9.75. The molecule has 2 aliphatic rings. The fraction of sp³-hybridized carbons (Fsp3) is 0.316. The molecule has 1 aromatic heterocycles. The average molecular weight is 650 g/mol. The van der Waals surface area contributed by atoms with Gasteiger partial charge in [-0.15, -0.1) is 0 Å². The summed E-state index contributed by atoms with van der Waals surface area (Å²) < 4.78 is 34.3. The van der Waals surface area contributed by atoms with Gasteiger partial charge in [0, 0.05) is 62.5 Å². The van der Waals surface area contributed by atoms with Crippen LogP contribution in [0.5, 0.6) is 5.75 Å². The molecule has 48 heavy (non-hydrogen) atoms. The van der Waals surface area contributed by atoms with Crippen molar-refractivity contribution in [2.24, 2.45) is 5.41 Å². The van der Waals surface area contributed by atoms with Gasteiger partial charge in [0.05, 0.1) is 17.7 Å². The Morgan fingerprint density at radius 2 is 1.60 bits per heavy atom. The maximum absolute atomic E-state index is 14.2. The topological polar surface area (TPSA) is 89.8 Å². The molecule has 0 N–H and O–H groups in total. The van der Waals surface area contributed by atoms with Gasteiger partial charge in [-0.05, 0) is 67.6 Å². The molecule has 10 heteroatoms. The van der Waals surface area contributed by atoms with Gasteiger partial charge in [-0.2, -0.15) is 5.26 Å². The van der Waals surface area contributed by atoms with E-state index in [0.717, 1.165) is 42.4 Å². The van der Waals surface area contributed by atoms with Gasteiger partial charge in [0.25, 0.3) is 11.8 Å². The van der Waals surface area contributed by atoms with Crippen LogP contribution in [0.25, 0.3) is 0 Å². The summed E-state index contributed by atoms with van der Waals surface area (Å²) in [6.45, 7) is 3.21. The molecule has 8 nitrogen and oxygen atoms in total. The van der Waals surface area contributed by atoms with Crippen LogP contribution in [0.2, 0.25) is 0 Å². The summed E-state index contributed by atoms with van der Waals surface area (Å²) in [5.74, 6) is -0.873. The molecule has 0 bridgehead atoms. The molecule has 6 rings (SSSR count). The van der Waals surface area contributed by atoms with Gasteiger partial charge in [0.15, 0.2) is 0 Å². The van der Waals surface area contributed by atoms with Gasteiger partial charge < -0.3 is 19.4 Å². The number of fused-ring (bicyclic) bond motifs is 1. The molecule has 0 aliphatic carbocycles. The molecular weight excluding hydrogens is 612 g/mol. The van der Waals surface area contributed by atoms with Crippen LogP contribution in [0.1, 0.15) is 57.5 Å². The third kappa shape index (κ3) is 7.63. The Kier molecular flexibility index (Phi) is 9.95. The molecule has 0 unspecified atom stereocenters. The fourth-order valence-electron chi connectivity index (χ4n) is 6.60. The summed E-state index contributed by atoms with van der Waals surface area (Å²) in [5, 5.41) is 9.32. The Bertz CT molecular complexity index is 1770. The van der Waals surface area contributed by atoms with Crippen LogP contribution >= 0.6 is 0 Å². The Labute approximate surface area is 279 Å². The second-order valence-corrected chi connectivity index (χ2v) is 12.6. The van der Waals surface area contributed by atoms with Crippen LogP contribution in [0, 0.1) is 28.4 Å². The minimum atomic E-state index is -0.785. The van der Waals surface area contributed by atoms with E-state index in [2.05, 4.69) is 16.0 Å². The number of aromatic nitrogens is 1. The minimum Gasteiger partial charge on any atom is -0.492 e. The van der Waals surface area contributed by atoms with E-state index in [0.29, 0.717) is 75.6 Å². The number of halogens is 2. The zero-order chi connectivity index (χ0) is 33.5. The lowest BCUT2D eigenvalue weighted by Gasteiger charge is -2.42. The molecule has 3 heterocycles. The Balaban J connectivity index is 1.28. The number of likely N-dealkylation sites (tertiary alicyclic amines) is 1. The van der Waals surface area contributed by atoms with Crippen molar-refractivity contribution in [2.75, 3.05) is 44.2 Å². The molecule has 4 aromatic rings. The maximum atomic E-state index is 14.2. The lowest BCUT2D eigenvalue weighted by molar-refractivity contribution is 0.0363. The highest BCUT2D eigenvalue weighted by Crippen LogP contribution is 2.38. The van der Waals surface area contributed by atoms with Gasteiger partial charge in [-0.1, -0.05) is 42.5 Å². The second-order valence-electron chi connectivity index (χ2n) is 12.6. The van der Waals surface area contributed by atoms with Crippen LogP contribution in [0.4, 0.5) is 14.6 Å². The van der Waals surface area contributed by atoms with Crippen LogP contribution in [-0.2, 0) is 6.54 Å². The molecule has 1 fully saturated rings. The minimum absolute atomic E-state index is 0.00676. The van der Waals surface area contributed by atoms with Crippen LogP contribution in [-0.4, -0.2) is 65.9 Å². The van der Waals surface area contributed by atoms with Crippen molar-refractivity contribution < 1.29 is 23.1 Å². The predicted molar refractivity (Wildman–Crippen MR) is 177 cm³/mol. The first kappa shape index (κ1) is 32.6. The first-order chi connectivity index (χ1) is 23.3. The maximum Gasteiger partial charge on any atom is 0.257 e. The quantitative estimate of drug-likeness (QED) is 0.252. The van der Waals surface area contributed by atoms with E-state index in [-0.39, 0.29) is 16.9 Å². The third-order valence-electron chi connectivity index (χ3n) is 9.35. The number of nitriles is 1. The molecular formula is C38H37F2N5O3. The summed E-state index contributed by atoms with van der Waals surface area (Å²) in [6, 6.07) is 25.8. The smallest absolute Gasteiger partial charge is 0.257 e. The van der Waals surface area contributed by atoms with Crippen molar-refractivity contribution in [3.63, 3.8) is 0 Å². The Hall–Kier alpha value is -5.30. The van der Waals surface area contributed by atoms with Crippen molar-refractivity contribution >= 4 is 17.6 Å². The van der Waals surface area contributed by atoms with Crippen LogP contribution in [0.15, 0.2) is 91.1 Å². The lowest BCUT2D eigenvalue weighted by Crippen LogP contribution is -2.46. The van der Waals surface area contributed by atoms with Gasteiger partial charge in [0.1, 0.15) is 29.3 Å². The number of nitrogens with zero attached hydrogens (tertiary/aromatic N) is 5. The zero-order valence-corrected chi connectivity index (χ0v) is 26.7. The first-order valence-electron chi connectivity index (χ1n) is 16.2. The van der Waals surface area contributed by atoms with Crippen molar-refractivity contribution in [3.05, 3.63) is 125 Å². The van der Waals surface area contributed by atoms with Gasteiger partial charge >= 0.3 is 0 Å². The number of carbonyl (C=O) groups is 2. The molecule has 1 saturated heterocycles. The number of piperidine rings is 1. The third-order valence-corrected chi connectivity index (χ3v) is 9.35. The number of amides is 2. The summed E-state index contributed by atoms with van der Waals surface area (Å²) >= 11 is 0. The molecule has 246 valence electrons. The summed E-state index contributed by atoms with van der Waals surface area (Å²) in [7, 11) is 0. The largest absolute Gasteiger partial charge is 0.492 e. The molecule has 0 radical (unpaired) electrons. The number of hydrogen-bond donors (Lipinski definition) is 0. The number of ether oxygens (including phenoxy) is 1. The van der Waals surface area contributed by atoms with Crippen molar-refractivity contribution in [2.45, 2.75) is 32.2 Å². The number of anilines is 1. The highest BCUT2D eigenvalue weighted by Gasteiger charge is 2.37. The normalized spacial score (nSPS) is 16.9. The summed E-state index contributed by atoms with van der Waals surface area (Å²) in [4.78, 5) is 37.6. The van der Waals surface area contributed by atoms with Gasteiger partial charge in [-0.3, -0.25) is 9.59 Å². The molecule has 0 saturated carbocycles. The van der Waals surface area contributed by atoms with Crippen molar-refractivity contribution in [1.29, 1.82) is 5.26 Å². The Morgan fingerprint density at radius 1 is 0.875 bits per heavy atom. The molecule has 2 aliphatic heterocycles. The molecule has 3 aromatic carbocycles. The number of benzene rings is 3. The SMILES string of the molecule is N#Cc1ccc(N2CCCC3(CCN(C(=O)c4cc(F)cc(F)c4)CC3)COc3ccccc3C(=O)N(Cc3ccccc3)CC2)nc1. The van der Waals surface area contributed by atoms with E-state index < -0.39 is 17.5 Å². The van der Waals surface area contributed by atoms with Crippen molar-refractivity contribution in [1.82, 2.24) is 14.8 Å². The predicted octanol–water partition coefficient (Wildman–Crippen LogP) is 6.48. The van der Waals surface area contributed by atoms with E-state index in [1.807, 2.05) is 59.5 Å². The number of carbonyl (C=O) groups excluding carboxylic acids is 2. The number of para-hydroxylation sites is 1. The standard InChI is InChI=1S/C38H37F2N5O3/c39-31-21-30(22-32(40)23-31)36(46)44-17-14-38(15-18-44)13-6-16-43(35-12-11-29(24-41)25-42-35)19-20-45(26-28-7-2-1-3-8-28)37(47)33-9-4-5-10-34(33)48-27-38/h1-5,7-12,21-23,25H,6,13-20,26-27H2. The number of pyridine rings is 1. The number of hydrogen-bond acceptors (Lipinski definition) is 6. The molecule has 1 spiro atoms. The van der Waals surface area contributed by atoms with Crippen molar-refractivity contribution in [3.8, 4) is 11.8 Å². The molecule has 2 amide bonds. The highest BCUT2D eigenvalue weighted by atomic mass is 19.1. The van der Waals surface area contributed by atoms with E-state index >= 15 is 0 Å². The van der Waals surface area contributed by atoms with Gasteiger partial charge in [-0.25, -0.2) is 13.8 Å². The second kappa shape index (κ2) is 14.6. The number of rotatable bonds is 4. The van der Waals surface area contributed by atoms with E-state index in [1.54, 1.807) is 23.2 Å². The monoisotopic (exact) mass is 649 g/mol. The first-order valence-corrected chi connectivity index (χ1v) is 16.2. The van der Waals surface area contributed by atoms with Crippen LogP contribution < -0.4 is 9.64 Å². The summed E-state index contributed by atoms with van der Waals surface area (Å²) in [6.07, 6.45) is 4.40. The van der Waals surface area contributed by atoms with Crippen LogP contribution in [0.3, 0.4) is 0 Å². The highest BCUT2D eigenvalue weighted by molar-refractivity contribution is 5.97. The average Bonchev–Trinajstić information content (AvgIpc) is 3.12. The van der Waals surface area contributed by atoms with E-state index in [1.165, 1.54) is 0 Å². The van der Waals surface area contributed by atoms with Gasteiger partial charge in [0.2, 0.25) is 0 Å². The fourth-order valence-corrected chi connectivity index (χ4v) is 6.60. The summed E-state index contributed by atoms with van der Waals surface area (Å²) in [5.41, 5.74) is 1.65. The zero-order valence-electron chi connectivity index (χ0n) is 26.7. The van der Waals surface area contributed by atoms with E-state index in [4.69, 9.17) is 4.74 Å². The Morgan fingerprint density at radius 3 is 2.31 bits per heavy atom.